The molecule has 0 fully saturated rings. The molecule has 0 aromatic heterocycles. The number of nitrogens with one attached hydrogen (secondary N) is 1. The Morgan fingerprint density at radius 3 is 2.67 bits per heavy atom. The lowest BCUT2D eigenvalue weighted by atomic mass is 10.1. The van der Waals surface area contributed by atoms with Gasteiger partial charge in [0.25, 0.3) is 0 Å². The van der Waals surface area contributed by atoms with Gasteiger partial charge in [0.15, 0.2) is 0 Å². The van der Waals surface area contributed by atoms with Crippen LogP contribution in [0.15, 0.2) is 18.2 Å². The van der Waals surface area contributed by atoms with Gasteiger partial charge in [0.2, 0.25) is 0 Å². The SMILES string of the molecule is CCNCc1cccc(F)c1N(C)CC(C)CC. The predicted octanol–water partition coefficient (Wildman–Crippen LogP) is 3.42. The lowest BCUT2D eigenvalue weighted by Gasteiger charge is -2.26. The van der Waals surface area contributed by atoms with E-state index >= 15 is 0 Å². The number of hydrogen-bond acceptors (Lipinski definition) is 2. The second-order valence-electron chi connectivity index (χ2n) is 4.92. The molecule has 0 spiro atoms. The summed E-state index contributed by atoms with van der Waals surface area (Å²) in [5.74, 6) is 0.442. The Bertz CT molecular complexity index is 366. The normalized spacial score (nSPS) is 12.5. The molecule has 0 bridgehead atoms. The Balaban J connectivity index is 2.90. The fraction of sp³-hybridized carbons (Fsp3) is 0.600. The summed E-state index contributed by atoms with van der Waals surface area (Å²) in [7, 11) is 1.97. The van der Waals surface area contributed by atoms with Crippen LogP contribution in [0.5, 0.6) is 0 Å². The van der Waals surface area contributed by atoms with Gasteiger partial charge in [-0.1, -0.05) is 39.3 Å². The van der Waals surface area contributed by atoms with E-state index in [4.69, 9.17) is 0 Å². The van der Waals surface area contributed by atoms with Crippen LogP contribution in [0.25, 0.3) is 0 Å². The van der Waals surface area contributed by atoms with Crippen molar-refractivity contribution in [1.82, 2.24) is 5.32 Å². The highest BCUT2D eigenvalue weighted by Gasteiger charge is 2.14. The largest absolute Gasteiger partial charge is 0.372 e. The molecule has 102 valence electrons. The fourth-order valence-corrected chi connectivity index (χ4v) is 2.08. The van der Waals surface area contributed by atoms with Crippen molar-refractivity contribution >= 4 is 5.69 Å². The van der Waals surface area contributed by atoms with Crippen LogP contribution in [-0.4, -0.2) is 20.1 Å². The van der Waals surface area contributed by atoms with Crippen LogP contribution < -0.4 is 10.2 Å². The van der Waals surface area contributed by atoms with Gasteiger partial charge in [-0.15, -0.1) is 0 Å². The lowest BCUT2D eigenvalue weighted by molar-refractivity contribution is 0.547. The summed E-state index contributed by atoms with van der Waals surface area (Å²) < 4.78 is 14.0. The quantitative estimate of drug-likeness (QED) is 0.800. The van der Waals surface area contributed by atoms with E-state index in [1.807, 2.05) is 18.0 Å². The van der Waals surface area contributed by atoms with E-state index in [9.17, 15) is 4.39 Å². The second-order valence-corrected chi connectivity index (χ2v) is 4.92. The highest BCUT2D eigenvalue weighted by molar-refractivity contribution is 5.54. The highest BCUT2D eigenvalue weighted by Crippen LogP contribution is 2.24. The smallest absolute Gasteiger partial charge is 0.146 e. The van der Waals surface area contributed by atoms with Crippen LogP contribution in [-0.2, 0) is 6.54 Å². The van der Waals surface area contributed by atoms with Crippen LogP contribution in [0.2, 0.25) is 0 Å². The van der Waals surface area contributed by atoms with E-state index in [0.29, 0.717) is 12.5 Å². The Morgan fingerprint density at radius 1 is 1.33 bits per heavy atom. The molecular weight excluding hydrogens is 227 g/mol. The summed E-state index contributed by atoms with van der Waals surface area (Å²) >= 11 is 0. The Kier molecular flexibility index (Phi) is 6.13. The number of halogens is 1. The molecule has 2 nitrogen and oxygen atoms in total. The molecule has 0 saturated heterocycles. The number of nitrogens with zero attached hydrogens (tertiary/aromatic N) is 1. The fourth-order valence-electron chi connectivity index (χ4n) is 2.08. The van der Waals surface area contributed by atoms with Crippen molar-refractivity contribution in [3.05, 3.63) is 29.6 Å². The van der Waals surface area contributed by atoms with Crippen LogP contribution >= 0.6 is 0 Å². The molecule has 0 saturated carbocycles. The molecular formula is C15H25FN2. The molecule has 1 atom stereocenters. The summed E-state index contributed by atoms with van der Waals surface area (Å²) in [5.41, 5.74) is 1.77. The highest BCUT2D eigenvalue weighted by atomic mass is 19.1. The van der Waals surface area contributed by atoms with Crippen molar-refractivity contribution < 1.29 is 4.39 Å². The minimum atomic E-state index is -0.129. The summed E-state index contributed by atoms with van der Waals surface area (Å²) in [5, 5.41) is 3.26. The van der Waals surface area contributed by atoms with Gasteiger partial charge in [-0.25, -0.2) is 4.39 Å². The van der Waals surface area contributed by atoms with E-state index in [1.165, 1.54) is 6.07 Å². The molecule has 1 aromatic carbocycles. The number of anilines is 1. The Hall–Kier alpha value is -1.09. The van der Waals surface area contributed by atoms with E-state index in [2.05, 4.69) is 26.1 Å². The number of rotatable bonds is 7. The zero-order valence-electron chi connectivity index (χ0n) is 12.0. The zero-order chi connectivity index (χ0) is 13.5. The maximum absolute atomic E-state index is 14.0. The monoisotopic (exact) mass is 252 g/mol. The maximum Gasteiger partial charge on any atom is 0.146 e. The first kappa shape index (κ1) is 15.0. The van der Waals surface area contributed by atoms with Crippen molar-refractivity contribution in [2.24, 2.45) is 5.92 Å². The summed E-state index contributed by atoms with van der Waals surface area (Å²) in [6.45, 7) is 8.92. The first-order valence-electron chi connectivity index (χ1n) is 6.79. The standard InChI is InChI=1S/C15H25FN2/c1-5-12(3)11-18(4)15-13(10-17-6-2)8-7-9-14(15)16/h7-9,12,17H,5-6,10-11H2,1-4H3. The molecule has 0 aliphatic rings. The van der Waals surface area contributed by atoms with Gasteiger partial charge >= 0.3 is 0 Å². The van der Waals surface area contributed by atoms with E-state index in [-0.39, 0.29) is 5.82 Å². The Morgan fingerprint density at radius 2 is 2.06 bits per heavy atom. The average Bonchev–Trinajstić information content (AvgIpc) is 2.35. The third-order valence-electron chi connectivity index (χ3n) is 3.30. The van der Waals surface area contributed by atoms with Gasteiger partial charge in [0, 0.05) is 20.1 Å². The molecule has 0 aliphatic heterocycles. The molecule has 0 amide bonds. The van der Waals surface area contributed by atoms with Crippen molar-refractivity contribution in [3.63, 3.8) is 0 Å². The van der Waals surface area contributed by atoms with Gasteiger partial charge in [-0.05, 0) is 24.1 Å². The van der Waals surface area contributed by atoms with Crippen molar-refractivity contribution in [3.8, 4) is 0 Å². The topological polar surface area (TPSA) is 15.3 Å². The average molecular weight is 252 g/mol. The molecule has 3 heteroatoms. The first-order chi connectivity index (χ1) is 8.60. The molecule has 18 heavy (non-hydrogen) atoms. The van der Waals surface area contributed by atoms with Gasteiger partial charge in [0.1, 0.15) is 5.82 Å². The molecule has 0 radical (unpaired) electrons. The lowest BCUT2D eigenvalue weighted by Crippen LogP contribution is -2.26. The number of benzene rings is 1. The van der Waals surface area contributed by atoms with Crippen molar-refractivity contribution in [2.45, 2.75) is 33.7 Å². The molecule has 1 N–H and O–H groups in total. The van der Waals surface area contributed by atoms with E-state index in [0.717, 1.165) is 30.8 Å². The summed E-state index contributed by atoms with van der Waals surface area (Å²) in [6, 6.07) is 5.31. The van der Waals surface area contributed by atoms with E-state index in [1.54, 1.807) is 6.07 Å². The third kappa shape index (κ3) is 3.98. The minimum absolute atomic E-state index is 0.129. The predicted molar refractivity (Wildman–Crippen MR) is 76.5 cm³/mol. The van der Waals surface area contributed by atoms with Crippen LogP contribution in [0.1, 0.15) is 32.8 Å². The Labute approximate surface area is 110 Å². The van der Waals surface area contributed by atoms with Gasteiger partial charge in [-0.3, -0.25) is 0 Å². The number of hydrogen-bond donors (Lipinski definition) is 1. The van der Waals surface area contributed by atoms with Crippen molar-refractivity contribution in [2.75, 3.05) is 25.0 Å². The van der Waals surface area contributed by atoms with Crippen LogP contribution in [0.4, 0.5) is 10.1 Å². The molecule has 0 heterocycles. The van der Waals surface area contributed by atoms with Crippen molar-refractivity contribution in [1.29, 1.82) is 0 Å². The zero-order valence-corrected chi connectivity index (χ0v) is 12.0. The van der Waals surface area contributed by atoms with Gasteiger partial charge in [-0.2, -0.15) is 0 Å². The van der Waals surface area contributed by atoms with Crippen LogP contribution in [0.3, 0.4) is 0 Å². The minimum Gasteiger partial charge on any atom is -0.372 e. The molecule has 1 rings (SSSR count). The van der Waals surface area contributed by atoms with Crippen LogP contribution in [0, 0.1) is 11.7 Å². The number of para-hydroxylation sites is 1. The summed E-state index contributed by atoms with van der Waals surface area (Å²) in [4.78, 5) is 2.04. The maximum atomic E-state index is 14.0. The van der Waals surface area contributed by atoms with Gasteiger partial charge < -0.3 is 10.2 Å². The second kappa shape index (κ2) is 7.37. The summed E-state index contributed by atoms with van der Waals surface area (Å²) in [6.07, 6.45) is 1.11. The van der Waals surface area contributed by atoms with E-state index < -0.39 is 0 Å². The third-order valence-corrected chi connectivity index (χ3v) is 3.30. The first-order valence-corrected chi connectivity index (χ1v) is 6.79. The molecule has 1 unspecified atom stereocenters. The molecule has 1 aromatic rings. The molecule has 0 aliphatic carbocycles. The van der Waals surface area contributed by atoms with Gasteiger partial charge in [0.05, 0.1) is 5.69 Å².